The molecule has 2 aliphatic rings. The van der Waals surface area contributed by atoms with E-state index in [0.29, 0.717) is 11.2 Å². The Labute approximate surface area is 143 Å². The summed E-state index contributed by atoms with van der Waals surface area (Å²) in [6.07, 6.45) is 6.83. The Morgan fingerprint density at radius 2 is 2.00 bits per heavy atom. The van der Waals surface area contributed by atoms with Gasteiger partial charge in [0.05, 0.1) is 11.7 Å². The molecule has 1 aromatic heterocycles. The van der Waals surface area contributed by atoms with Crippen molar-refractivity contribution < 1.29 is 4.79 Å². The Morgan fingerprint density at radius 3 is 2.61 bits per heavy atom. The molecule has 1 aliphatic heterocycles. The lowest BCUT2D eigenvalue weighted by molar-refractivity contribution is -0.127. The zero-order chi connectivity index (χ0) is 16.6. The summed E-state index contributed by atoms with van der Waals surface area (Å²) in [6.45, 7) is 4.96. The van der Waals surface area contributed by atoms with Gasteiger partial charge in [-0.3, -0.25) is 14.4 Å². The van der Waals surface area contributed by atoms with Gasteiger partial charge in [0.15, 0.2) is 0 Å². The SMILES string of the molecule is Cc1nn(C)c(Cl)c1[C@H]1CCCN1[C@@H](C)C(=O)NC1CCCC1. The van der Waals surface area contributed by atoms with E-state index in [4.69, 9.17) is 11.6 Å². The summed E-state index contributed by atoms with van der Waals surface area (Å²) in [5, 5.41) is 8.36. The first-order chi connectivity index (χ1) is 11.0. The van der Waals surface area contributed by atoms with Crippen LogP contribution in [0.1, 0.15) is 62.7 Å². The van der Waals surface area contributed by atoms with Crippen LogP contribution in [-0.2, 0) is 11.8 Å². The highest BCUT2D eigenvalue weighted by atomic mass is 35.5. The molecule has 0 aromatic carbocycles. The number of amides is 1. The van der Waals surface area contributed by atoms with Crippen molar-refractivity contribution in [3.8, 4) is 0 Å². The first-order valence-electron chi connectivity index (χ1n) is 8.74. The molecule has 1 aliphatic carbocycles. The van der Waals surface area contributed by atoms with Gasteiger partial charge in [0.2, 0.25) is 5.91 Å². The largest absolute Gasteiger partial charge is 0.352 e. The zero-order valence-electron chi connectivity index (χ0n) is 14.3. The normalized spacial score (nSPS) is 24.3. The van der Waals surface area contributed by atoms with Gasteiger partial charge in [-0.05, 0) is 46.1 Å². The van der Waals surface area contributed by atoms with Crippen LogP contribution in [0, 0.1) is 6.92 Å². The highest BCUT2D eigenvalue weighted by Gasteiger charge is 2.36. The standard InChI is InChI=1S/C17H27ClN4O/c1-11-15(16(18)21(3)20-11)14-9-6-10-22(14)12(2)17(23)19-13-7-4-5-8-13/h12-14H,4-10H2,1-3H3,(H,19,23)/t12-,14+/m0/s1. The van der Waals surface area contributed by atoms with Crippen LogP contribution in [0.4, 0.5) is 0 Å². The molecule has 0 unspecified atom stereocenters. The number of likely N-dealkylation sites (tertiary alicyclic amines) is 1. The maximum Gasteiger partial charge on any atom is 0.237 e. The summed E-state index contributed by atoms with van der Waals surface area (Å²) in [5.74, 6) is 0.154. The summed E-state index contributed by atoms with van der Waals surface area (Å²) >= 11 is 6.45. The van der Waals surface area contributed by atoms with E-state index in [1.807, 2.05) is 20.9 Å². The fraction of sp³-hybridized carbons (Fsp3) is 0.765. The topological polar surface area (TPSA) is 50.2 Å². The minimum Gasteiger partial charge on any atom is -0.352 e. The Morgan fingerprint density at radius 1 is 1.30 bits per heavy atom. The smallest absolute Gasteiger partial charge is 0.237 e. The predicted molar refractivity (Wildman–Crippen MR) is 91.5 cm³/mol. The number of hydrogen-bond donors (Lipinski definition) is 1. The van der Waals surface area contributed by atoms with Crippen molar-refractivity contribution in [2.75, 3.05) is 6.54 Å². The fourth-order valence-corrected chi connectivity index (χ4v) is 4.43. The lowest BCUT2D eigenvalue weighted by Crippen LogP contribution is -2.47. The second-order valence-electron chi connectivity index (χ2n) is 6.98. The average molecular weight is 339 g/mol. The summed E-state index contributed by atoms with van der Waals surface area (Å²) < 4.78 is 1.73. The molecule has 1 saturated carbocycles. The number of halogens is 1. The van der Waals surface area contributed by atoms with Crippen molar-refractivity contribution in [2.45, 2.75) is 70.5 Å². The van der Waals surface area contributed by atoms with Crippen molar-refractivity contribution >= 4 is 17.5 Å². The van der Waals surface area contributed by atoms with Crippen LogP contribution < -0.4 is 5.32 Å². The Balaban J connectivity index is 1.74. The van der Waals surface area contributed by atoms with E-state index in [0.717, 1.165) is 43.5 Å². The van der Waals surface area contributed by atoms with Gasteiger partial charge in [-0.1, -0.05) is 24.4 Å². The fourth-order valence-electron chi connectivity index (χ4n) is 4.13. The summed E-state index contributed by atoms with van der Waals surface area (Å²) in [6, 6.07) is 0.439. The maximum atomic E-state index is 12.6. The van der Waals surface area contributed by atoms with Crippen molar-refractivity contribution in [1.82, 2.24) is 20.0 Å². The molecule has 128 valence electrons. The predicted octanol–water partition coefficient (Wildman–Crippen LogP) is 2.97. The molecule has 2 atom stereocenters. The average Bonchev–Trinajstić information content (AvgIpc) is 3.21. The van der Waals surface area contributed by atoms with Crippen LogP contribution in [0.3, 0.4) is 0 Å². The summed E-state index contributed by atoms with van der Waals surface area (Å²) in [7, 11) is 1.87. The van der Waals surface area contributed by atoms with Gasteiger partial charge in [0.25, 0.3) is 0 Å². The van der Waals surface area contributed by atoms with Crippen LogP contribution in [-0.4, -0.2) is 39.2 Å². The zero-order valence-corrected chi connectivity index (χ0v) is 15.1. The molecular formula is C17H27ClN4O. The third kappa shape index (κ3) is 3.26. The maximum absolute atomic E-state index is 12.6. The third-order valence-corrected chi connectivity index (χ3v) is 5.85. The Bertz CT molecular complexity index is 579. The van der Waals surface area contributed by atoms with E-state index in [9.17, 15) is 4.79 Å². The molecule has 3 rings (SSSR count). The molecule has 6 heteroatoms. The lowest BCUT2D eigenvalue weighted by Gasteiger charge is -2.30. The first kappa shape index (κ1) is 16.8. The highest BCUT2D eigenvalue weighted by molar-refractivity contribution is 6.30. The van der Waals surface area contributed by atoms with E-state index < -0.39 is 0 Å². The molecule has 1 aromatic rings. The number of hydrogen-bond acceptors (Lipinski definition) is 3. The number of nitrogens with one attached hydrogen (secondary N) is 1. The molecule has 1 saturated heterocycles. The van der Waals surface area contributed by atoms with Crippen LogP contribution >= 0.6 is 11.6 Å². The Hall–Kier alpha value is -1.07. The number of aromatic nitrogens is 2. The minimum absolute atomic E-state index is 0.126. The van der Waals surface area contributed by atoms with Gasteiger partial charge in [-0.25, -0.2) is 0 Å². The van der Waals surface area contributed by atoms with E-state index in [1.165, 1.54) is 12.8 Å². The third-order valence-electron chi connectivity index (χ3n) is 5.40. The first-order valence-corrected chi connectivity index (χ1v) is 9.12. The molecule has 23 heavy (non-hydrogen) atoms. The van der Waals surface area contributed by atoms with Crippen LogP contribution in [0.15, 0.2) is 0 Å². The molecular weight excluding hydrogens is 312 g/mol. The van der Waals surface area contributed by atoms with E-state index in [1.54, 1.807) is 4.68 Å². The van der Waals surface area contributed by atoms with Gasteiger partial charge in [0, 0.05) is 24.7 Å². The van der Waals surface area contributed by atoms with Crippen LogP contribution in [0.2, 0.25) is 5.15 Å². The molecule has 1 N–H and O–H groups in total. The summed E-state index contributed by atoms with van der Waals surface area (Å²) in [5.41, 5.74) is 2.06. The van der Waals surface area contributed by atoms with Crippen LogP contribution in [0.25, 0.3) is 0 Å². The second-order valence-corrected chi connectivity index (χ2v) is 7.33. The molecule has 2 fully saturated rings. The molecule has 5 nitrogen and oxygen atoms in total. The van der Waals surface area contributed by atoms with E-state index >= 15 is 0 Å². The number of carbonyl (C=O) groups excluding carboxylic acids is 1. The molecule has 0 spiro atoms. The second kappa shape index (κ2) is 6.81. The van der Waals surface area contributed by atoms with Gasteiger partial charge in [0.1, 0.15) is 5.15 Å². The quantitative estimate of drug-likeness (QED) is 0.918. The van der Waals surface area contributed by atoms with Crippen molar-refractivity contribution in [3.63, 3.8) is 0 Å². The summed E-state index contributed by atoms with van der Waals surface area (Å²) in [4.78, 5) is 14.9. The monoisotopic (exact) mass is 338 g/mol. The minimum atomic E-state index is -0.126. The lowest BCUT2D eigenvalue weighted by atomic mass is 10.0. The Kier molecular flexibility index (Phi) is 4.97. The number of carbonyl (C=O) groups is 1. The van der Waals surface area contributed by atoms with Gasteiger partial charge < -0.3 is 5.32 Å². The number of nitrogens with zero attached hydrogens (tertiary/aromatic N) is 3. The van der Waals surface area contributed by atoms with E-state index in [2.05, 4.69) is 15.3 Å². The van der Waals surface area contributed by atoms with Gasteiger partial charge in [-0.15, -0.1) is 0 Å². The van der Waals surface area contributed by atoms with Crippen molar-refractivity contribution in [3.05, 3.63) is 16.4 Å². The highest BCUT2D eigenvalue weighted by Crippen LogP contribution is 2.38. The van der Waals surface area contributed by atoms with Gasteiger partial charge >= 0.3 is 0 Å². The van der Waals surface area contributed by atoms with Crippen molar-refractivity contribution in [2.24, 2.45) is 7.05 Å². The number of rotatable bonds is 4. The molecule has 2 heterocycles. The van der Waals surface area contributed by atoms with Gasteiger partial charge in [-0.2, -0.15) is 5.10 Å². The molecule has 0 bridgehead atoms. The molecule has 1 amide bonds. The van der Waals surface area contributed by atoms with Crippen LogP contribution in [0.5, 0.6) is 0 Å². The van der Waals surface area contributed by atoms with Crippen molar-refractivity contribution in [1.29, 1.82) is 0 Å². The number of aryl methyl sites for hydroxylation is 2. The molecule has 0 radical (unpaired) electrons. The van der Waals surface area contributed by atoms with E-state index in [-0.39, 0.29) is 18.0 Å².